The van der Waals surface area contributed by atoms with E-state index in [1.54, 1.807) is 13.0 Å². The van der Waals surface area contributed by atoms with E-state index in [-0.39, 0.29) is 39.0 Å². The zero-order valence-electron chi connectivity index (χ0n) is 23.0. The Balaban J connectivity index is 1.32. The molecule has 0 amide bonds. The first kappa shape index (κ1) is 31.1. The van der Waals surface area contributed by atoms with Gasteiger partial charge in [0, 0.05) is 17.7 Å². The van der Waals surface area contributed by atoms with Crippen LogP contribution in [0.5, 0.6) is 5.75 Å². The molecule has 0 saturated carbocycles. The number of benzene rings is 5. The fourth-order valence-corrected chi connectivity index (χ4v) is 5.76. The highest BCUT2D eigenvalue weighted by Crippen LogP contribution is 2.40. The van der Waals surface area contributed by atoms with Gasteiger partial charge < -0.3 is 4.74 Å². The van der Waals surface area contributed by atoms with Crippen LogP contribution < -0.4 is 4.74 Å². The molecule has 0 saturated heterocycles. The number of alkyl halides is 2. The third-order valence-corrected chi connectivity index (χ3v) is 8.01. The molecule has 1 heterocycles. The molecule has 0 fully saturated rings. The van der Waals surface area contributed by atoms with Crippen molar-refractivity contribution < 1.29 is 48.6 Å². The number of hydrogen-bond donors (Lipinski definition) is 0. The Morgan fingerprint density at radius 2 is 1.15 bits per heavy atom. The molecule has 0 N–H and O–H groups in total. The van der Waals surface area contributed by atoms with Gasteiger partial charge in [-0.05, 0) is 71.6 Å². The maximum absolute atomic E-state index is 15.3. The van der Waals surface area contributed by atoms with Crippen molar-refractivity contribution >= 4 is 21.6 Å². The van der Waals surface area contributed by atoms with Crippen LogP contribution in [-0.2, 0) is 6.11 Å². The lowest BCUT2D eigenvalue weighted by molar-refractivity contribution is -0.185. The maximum atomic E-state index is 15.3. The average Bonchev–Trinajstić information content (AvgIpc) is 3.40. The van der Waals surface area contributed by atoms with Crippen LogP contribution in [0, 0.1) is 53.5 Å². The number of hydrogen-bond acceptors (Lipinski definition) is 3. The van der Waals surface area contributed by atoms with Gasteiger partial charge in [0.05, 0.1) is 21.3 Å². The van der Waals surface area contributed by atoms with Gasteiger partial charge in [-0.1, -0.05) is 18.2 Å². The van der Waals surface area contributed by atoms with Gasteiger partial charge in [0.25, 0.3) is 0 Å². The van der Waals surface area contributed by atoms with E-state index in [0.29, 0.717) is 29.0 Å². The Morgan fingerprint density at radius 1 is 0.587 bits per heavy atom. The zero-order chi connectivity index (χ0) is 33.1. The van der Waals surface area contributed by atoms with Gasteiger partial charge in [-0.3, -0.25) is 0 Å². The van der Waals surface area contributed by atoms with Gasteiger partial charge in [0.2, 0.25) is 5.01 Å². The number of ether oxygens (including phenoxy) is 1. The topological polar surface area (TPSA) is 22.1 Å². The second-order valence-electron chi connectivity index (χ2n) is 10.1. The fourth-order valence-electron chi connectivity index (χ4n) is 4.84. The van der Waals surface area contributed by atoms with Crippen LogP contribution in [0.2, 0.25) is 0 Å². The summed E-state index contributed by atoms with van der Waals surface area (Å²) in [6, 6.07) is 11.1. The van der Waals surface area contributed by atoms with E-state index in [4.69, 9.17) is 0 Å². The summed E-state index contributed by atoms with van der Waals surface area (Å²) in [5.74, 6) is -12.0. The standard InChI is InChI=1S/C33H15F10NOS/c1-14-2-4-19(20(34)6-14)16-7-21(35)30(22(36)8-16)17-9-23(37)29(24(38)10-17)15-3-5-27-28(11-15)46-32(44-27)33(42,43)45-18-12-25(39)31(41)26(40)13-18/h2-13H,1H3. The van der Waals surface area contributed by atoms with Crippen LogP contribution in [0.4, 0.5) is 43.9 Å². The van der Waals surface area contributed by atoms with E-state index in [0.717, 1.165) is 18.2 Å². The monoisotopic (exact) mass is 663 g/mol. The maximum Gasteiger partial charge on any atom is 0.454 e. The largest absolute Gasteiger partial charge is 0.454 e. The molecule has 0 atom stereocenters. The van der Waals surface area contributed by atoms with Crippen molar-refractivity contribution in [3.63, 3.8) is 0 Å². The van der Waals surface area contributed by atoms with Crippen LogP contribution >= 0.6 is 11.3 Å². The molecule has 2 nitrogen and oxygen atoms in total. The van der Waals surface area contributed by atoms with Crippen LogP contribution in [0.3, 0.4) is 0 Å². The molecule has 0 aliphatic carbocycles. The predicted molar refractivity (Wildman–Crippen MR) is 151 cm³/mol. The quantitative estimate of drug-likeness (QED) is 0.131. The van der Waals surface area contributed by atoms with E-state index in [1.807, 2.05) is 0 Å². The third kappa shape index (κ3) is 5.66. The van der Waals surface area contributed by atoms with Gasteiger partial charge in [-0.2, -0.15) is 8.78 Å². The molecule has 0 unspecified atom stereocenters. The smallest absolute Gasteiger partial charge is 0.427 e. The predicted octanol–water partition coefficient (Wildman–Crippen LogP) is 10.8. The summed E-state index contributed by atoms with van der Waals surface area (Å²) < 4.78 is 149. The van der Waals surface area contributed by atoms with Crippen LogP contribution in [-0.4, -0.2) is 4.98 Å². The number of halogens is 10. The van der Waals surface area contributed by atoms with Crippen LogP contribution in [0.25, 0.3) is 43.6 Å². The van der Waals surface area contributed by atoms with Crippen molar-refractivity contribution in [1.29, 1.82) is 0 Å². The van der Waals surface area contributed by atoms with Crippen molar-refractivity contribution in [1.82, 2.24) is 4.98 Å². The minimum atomic E-state index is -4.24. The van der Waals surface area contributed by atoms with Crippen molar-refractivity contribution in [2.45, 2.75) is 13.0 Å². The van der Waals surface area contributed by atoms with E-state index < -0.39 is 80.1 Å². The average molecular weight is 664 g/mol. The number of nitrogens with zero attached hydrogens (tertiary/aromatic N) is 1. The third-order valence-electron chi connectivity index (χ3n) is 6.94. The van der Waals surface area contributed by atoms with Crippen molar-refractivity contribution in [3.05, 3.63) is 130 Å². The highest BCUT2D eigenvalue weighted by molar-refractivity contribution is 7.18. The number of aromatic nitrogens is 1. The number of rotatable bonds is 6. The zero-order valence-corrected chi connectivity index (χ0v) is 23.8. The second-order valence-corrected chi connectivity index (χ2v) is 11.2. The molecule has 1 aromatic heterocycles. The summed E-state index contributed by atoms with van der Waals surface area (Å²) in [7, 11) is 0. The molecule has 0 aliphatic rings. The molecule has 6 aromatic rings. The number of aryl methyl sites for hydroxylation is 1. The molecule has 0 spiro atoms. The van der Waals surface area contributed by atoms with E-state index >= 15 is 17.6 Å². The van der Waals surface area contributed by atoms with Gasteiger partial charge in [0.1, 0.15) is 34.8 Å². The van der Waals surface area contributed by atoms with Crippen molar-refractivity contribution in [3.8, 4) is 39.1 Å². The van der Waals surface area contributed by atoms with Gasteiger partial charge in [-0.15, -0.1) is 11.3 Å². The van der Waals surface area contributed by atoms with Gasteiger partial charge in [-0.25, -0.2) is 40.1 Å². The lowest BCUT2D eigenvalue weighted by Crippen LogP contribution is -2.21. The Morgan fingerprint density at radius 3 is 1.74 bits per heavy atom. The molecule has 13 heteroatoms. The Hall–Kier alpha value is -4.91. The minimum absolute atomic E-state index is 0.00568. The van der Waals surface area contributed by atoms with Crippen LogP contribution in [0.1, 0.15) is 10.6 Å². The molecule has 0 bridgehead atoms. The molecule has 234 valence electrons. The number of fused-ring (bicyclic) bond motifs is 1. The Labute approximate surface area is 257 Å². The summed E-state index contributed by atoms with van der Waals surface area (Å²) in [4.78, 5) is 3.72. The summed E-state index contributed by atoms with van der Waals surface area (Å²) in [6.45, 7) is 1.64. The van der Waals surface area contributed by atoms with E-state index in [1.165, 1.54) is 24.3 Å². The molecular weight excluding hydrogens is 648 g/mol. The first-order valence-electron chi connectivity index (χ1n) is 13.1. The van der Waals surface area contributed by atoms with Crippen molar-refractivity contribution in [2.75, 3.05) is 0 Å². The van der Waals surface area contributed by atoms with E-state index in [9.17, 15) is 26.3 Å². The van der Waals surface area contributed by atoms with Gasteiger partial charge >= 0.3 is 6.11 Å². The first-order chi connectivity index (χ1) is 21.7. The molecule has 46 heavy (non-hydrogen) atoms. The van der Waals surface area contributed by atoms with Gasteiger partial charge in [0.15, 0.2) is 17.5 Å². The Bertz CT molecular complexity index is 2110. The Kier molecular flexibility index (Phi) is 7.75. The molecule has 6 rings (SSSR count). The molecule has 0 radical (unpaired) electrons. The lowest BCUT2D eigenvalue weighted by atomic mass is 9.95. The summed E-state index contributed by atoms with van der Waals surface area (Å²) in [5, 5.41) is -0.985. The highest BCUT2D eigenvalue weighted by Gasteiger charge is 2.39. The fraction of sp³-hybridized carbons (Fsp3) is 0.0606. The van der Waals surface area contributed by atoms with Crippen molar-refractivity contribution in [2.24, 2.45) is 0 Å². The summed E-state index contributed by atoms with van der Waals surface area (Å²) >= 11 is 0.342. The lowest BCUT2D eigenvalue weighted by Gasteiger charge is -2.15. The number of thiazole rings is 1. The molecule has 0 aliphatic heterocycles. The van der Waals surface area contributed by atoms with E-state index in [2.05, 4.69) is 9.72 Å². The summed E-state index contributed by atoms with van der Waals surface area (Å²) in [6.07, 6.45) is -4.24. The minimum Gasteiger partial charge on any atom is -0.427 e. The van der Waals surface area contributed by atoms with Crippen LogP contribution in [0.15, 0.2) is 72.8 Å². The molecular formula is C33H15F10NOS. The summed E-state index contributed by atoms with van der Waals surface area (Å²) in [5.41, 5.74) is -1.68. The second kappa shape index (κ2) is 11.5. The normalized spacial score (nSPS) is 11.8. The first-order valence-corrected chi connectivity index (χ1v) is 13.9. The highest BCUT2D eigenvalue weighted by atomic mass is 32.1. The molecule has 5 aromatic carbocycles. The SMILES string of the molecule is Cc1ccc(-c2cc(F)c(-c3cc(F)c(-c4ccc5nc(C(F)(F)Oc6cc(F)c(F)c(F)c6)sc5c4)c(F)c3)c(F)c2)c(F)c1.